The van der Waals surface area contributed by atoms with Crippen LogP contribution in [0.4, 0.5) is 4.79 Å². The van der Waals surface area contributed by atoms with E-state index in [2.05, 4.69) is 5.32 Å². The highest BCUT2D eigenvalue weighted by Crippen LogP contribution is 2.64. The maximum absolute atomic E-state index is 15.0. The Labute approximate surface area is 359 Å². The first kappa shape index (κ1) is 46.3. The smallest absolute Gasteiger partial charge is 0.408 e. The molecule has 17 nitrogen and oxygen atoms in total. The summed E-state index contributed by atoms with van der Waals surface area (Å²) in [6.45, 7) is 10.9. The lowest BCUT2D eigenvalue weighted by molar-refractivity contribution is -0.350. The summed E-state index contributed by atoms with van der Waals surface area (Å²) < 4.78 is 35.4. The van der Waals surface area contributed by atoms with Gasteiger partial charge in [0, 0.05) is 37.0 Å². The van der Waals surface area contributed by atoms with Crippen LogP contribution in [0.3, 0.4) is 0 Å². The number of nitrogens with two attached hydrogens (primary N) is 1. The van der Waals surface area contributed by atoms with Crippen LogP contribution in [-0.2, 0) is 52.4 Å². The van der Waals surface area contributed by atoms with Gasteiger partial charge in [0.15, 0.2) is 5.60 Å². The predicted octanol–water partition coefficient (Wildman–Crippen LogP) is 2.91. The molecular formula is C45H56N2O15. The molecule has 4 fully saturated rings. The Morgan fingerprint density at radius 2 is 1.58 bits per heavy atom. The monoisotopic (exact) mass is 864 g/mol. The van der Waals surface area contributed by atoms with Crippen LogP contribution in [0.5, 0.6) is 0 Å². The molecular weight excluding hydrogens is 808 g/mol. The zero-order chi connectivity index (χ0) is 45.7. The van der Waals surface area contributed by atoms with E-state index >= 15 is 4.79 Å². The number of Topliss-reactive ketones (excluding diaryl/α,β-unsaturated/α-hetero) is 2. The van der Waals surface area contributed by atoms with Gasteiger partial charge in [-0.05, 0) is 45.4 Å². The van der Waals surface area contributed by atoms with Gasteiger partial charge in [0.2, 0.25) is 17.7 Å². The molecule has 12 atom stereocenters. The van der Waals surface area contributed by atoms with Crippen molar-refractivity contribution in [2.45, 2.75) is 122 Å². The number of amides is 1. The first-order chi connectivity index (χ1) is 28.9. The number of carbonyl (C=O) groups is 7. The number of fused-ring (bicyclic) bond motifs is 5. The Kier molecular flexibility index (Phi) is 12.5. The fraction of sp³-hybridized carbons (Fsp3) is 0.578. The standard InChI is InChI=1S/C45H56N2O15/c1-23-27(58-39(54)34(59-30(50)21-46)32(25-15-11-9-12-16-25)47-40(55)62-41(3,4)5)20-45(56)37(60-38(53)26-17-13-10-14-18-26)35-43(8,36(52)33(51)31(23)42(45,6)7)28(49)19-29-44(35,22-57-29)61-24(2)48/h9-18,23,27-29,31-32,34-35,37,49,56H,19-22,46H2,1-8H3,(H,47,55)/t23?,27-,28-,29+,31?,32-,34+,35?,37-,43+,44-,45+/m0/s1. The minimum Gasteiger partial charge on any atom is -0.459 e. The fourth-order valence-corrected chi connectivity index (χ4v) is 10.2. The molecule has 3 unspecified atom stereocenters. The van der Waals surface area contributed by atoms with Gasteiger partial charge in [-0.2, -0.15) is 0 Å². The highest BCUT2D eigenvalue weighted by Gasteiger charge is 2.79. The number of hydrogen-bond acceptors (Lipinski definition) is 16. The molecule has 2 aromatic carbocycles. The number of carbonyl (C=O) groups excluding carboxylic acids is 7. The number of aliphatic hydroxyl groups is 2. The first-order valence-corrected chi connectivity index (χ1v) is 20.6. The molecule has 0 spiro atoms. The van der Waals surface area contributed by atoms with E-state index in [9.17, 15) is 39.0 Å². The Hall–Kier alpha value is -5.23. The number of aliphatic hydroxyl groups excluding tert-OH is 1. The van der Waals surface area contributed by atoms with Crippen molar-refractivity contribution in [3.05, 3.63) is 71.8 Å². The van der Waals surface area contributed by atoms with Gasteiger partial charge in [-0.1, -0.05) is 69.3 Å². The molecule has 2 aromatic rings. The molecule has 17 heteroatoms. The molecule has 0 aromatic heterocycles. The number of benzene rings is 2. The Morgan fingerprint density at radius 1 is 0.968 bits per heavy atom. The number of ketones is 2. The van der Waals surface area contributed by atoms with E-state index in [1.54, 1.807) is 76.2 Å². The van der Waals surface area contributed by atoms with Crippen molar-refractivity contribution in [2.75, 3.05) is 13.2 Å². The van der Waals surface area contributed by atoms with Crippen LogP contribution in [0.15, 0.2) is 60.7 Å². The summed E-state index contributed by atoms with van der Waals surface area (Å²) in [5, 5.41) is 28.0. The SMILES string of the molecule is CC(=O)O[C@@]12CO[C@@H]1C[C@H](O)[C@@]1(C)C(=O)C(=O)C3C(C)[C@@H](OC(=O)[C@H](OC(=O)CN)[C@@H](NC(=O)OC(C)(C)C)c4ccccc4)C[C@@](O)([C@@H](OC(=O)c4ccccc4)C12)C3(C)C. The van der Waals surface area contributed by atoms with E-state index in [-0.39, 0.29) is 18.6 Å². The van der Waals surface area contributed by atoms with E-state index in [4.69, 9.17) is 34.2 Å². The van der Waals surface area contributed by atoms with Gasteiger partial charge < -0.3 is 49.7 Å². The Balaban J connectivity index is 1.50. The van der Waals surface area contributed by atoms with Crippen LogP contribution in [0.1, 0.15) is 90.2 Å². The lowest BCUT2D eigenvalue weighted by atomic mass is 9.42. The molecule has 2 bridgehead atoms. The number of ether oxygens (including phenoxy) is 6. The molecule has 1 amide bonds. The highest BCUT2D eigenvalue weighted by molar-refractivity contribution is 6.40. The normalized spacial score (nSPS) is 33.3. The van der Waals surface area contributed by atoms with Gasteiger partial charge in [-0.25, -0.2) is 14.4 Å². The summed E-state index contributed by atoms with van der Waals surface area (Å²) in [6.07, 6.45) is -9.65. The topological polar surface area (TPSA) is 253 Å². The van der Waals surface area contributed by atoms with Gasteiger partial charge in [-0.15, -0.1) is 0 Å². The zero-order valence-electron chi connectivity index (χ0n) is 36.1. The van der Waals surface area contributed by atoms with E-state index in [1.807, 2.05) is 0 Å². The van der Waals surface area contributed by atoms with E-state index in [0.717, 1.165) is 6.92 Å². The van der Waals surface area contributed by atoms with Crippen LogP contribution in [0.25, 0.3) is 0 Å². The summed E-state index contributed by atoms with van der Waals surface area (Å²) in [4.78, 5) is 97.8. The number of hydrogen-bond donors (Lipinski definition) is 4. The minimum atomic E-state index is -2.41. The Morgan fingerprint density at radius 3 is 2.13 bits per heavy atom. The van der Waals surface area contributed by atoms with E-state index in [0.29, 0.717) is 5.56 Å². The second-order valence-electron chi connectivity index (χ2n) is 18.6. The second-order valence-corrected chi connectivity index (χ2v) is 18.6. The van der Waals surface area contributed by atoms with Crippen molar-refractivity contribution in [1.82, 2.24) is 5.32 Å². The zero-order valence-corrected chi connectivity index (χ0v) is 36.1. The minimum absolute atomic E-state index is 0.0529. The summed E-state index contributed by atoms with van der Waals surface area (Å²) in [6, 6.07) is 14.4. The Bertz CT molecular complexity index is 2090. The van der Waals surface area contributed by atoms with Crippen molar-refractivity contribution < 1.29 is 72.2 Å². The molecule has 62 heavy (non-hydrogen) atoms. The molecule has 336 valence electrons. The van der Waals surface area contributed by atoms with Gasteiger partial charge in [0.25, 0.3) is 0 Å². The number of alkyl carbamates (subject to hydrolysis) is 1. The average Bonchev–Trinajstić information content (AvgIpc) is 3.20. The summed E-state index contributed by atoms with van der Waals surface area (Å²) in [5.74, 6) is -10.2. The molecule has 1 aliphatic heterocycles. The summed E-state index contributed by atoms with van der Waals surface area (Å²) in [5.41, 5.74) is -2.99. The van der Waals surface area contributed by atoms with Gasteiger partial charge in [-0.3, -0.25) is 19.2 Å². The molecule has 0 radical (unpaired) electrons. The van der Waals surface area contributed by atoms with Crippen LogP contribution in [0.2, 0.25) is 0 Å². The second kappa shape index (κ2) is 16.8. The van der Waals surface area contributed by atoms with Gasteiger partial charge >= 0.3 is 30.0 Å². The average molecular weight is 865 g/mol. The van der Waals surface area contributed by atoms with Crippen LogP contribution >= 0.6 is 0 Å². The van der Waals surface area contributed by atoms with Crippen LogP contribution in [-0.4, -0.2) is 112 Å². The maximum Gasteiger partial charge on any atom is 0.408 e. The lowest BCUT2D eigenvalue weighted by Crippen LogP contribution is -2.82. The molecule has 3 saturated carbocycles. The third kappa shape index (κ3) is 7.99. The molecule has 5 N–H and O–H groups in total. The van der Waals surface area contributed by atoms with Crippen molar-refractivity contribution in [2.24, 2.45) is 34.3 Å². The van der Waals surface area contributed by atoms with E-state index in [1.165, 1.54) is 32.9 Å². The number of rotatable bonds is 10. The predicted molar refractivity (Wildman–Crippen MR) is 215 cm³/mol. The maximum atomic E-state index is 15.0. The quantitative estimate of drug-likeness (QED) is 0.152. The molecule has 4 aliphatic rings. The largest absolute Gasteiger partial charge is 0.459 e. The van der Waals surface area contributed by atoms with Crippen molar-refractivity contribution in [3.63, 3.8) is 0 Å². The summed E-state index contributed by atoms with van der Waals surface area (Å²) in [7, 11) is 0. The van der Waals surface area contributed by atoms with Crippen molar-refractivity contribution in [1.29, 1.82) is 0 Å². The third-order valence-corrected chi connectivity index (χ3v) is 13.3. The molecule has 6 rings (SSSR count). The number of nitrogens with one attached hydrogen (secondary N) is 1. The van der Waals surface area contributed by atoms with Crippen molar-refractivity contribution in [3.8, 4) is 0 Å². The van der Waals surface area contributed by atoms with Crippen molar-refractivity contribution >= 4 is 41.5 Å². The van der Waals surface area contributed by atoms with Crippen LogP contribution in [0, 0.1) is 28.6 Å². The number of esters is 4. The highest BCUT2D eigenvalue weighted by atomic mass is 16.6. The van der Waals surface area contributed by atoms with Gasteiger partial charge in [0.05, 0.1) is 36.2 Å². The molecule has 1 saturated heterocycles. The third-order valence-electron chi connectivity index (χ3n) is 13.3. The van der Waals surface area contributed by atoms with E-state index < -0.39 is 136 Å². The van der Waals surface area contributed by atoms with Crippen LogP contribution < -0.4 is 11.1 Å². The fourth-order valence-electron chi connectivity index (χ4n) is 10.2. The molecule has 3 aliphatic carbocycles. The summed E-state index contributed by atoms with van der Waals surface area (Å²) >= 11 is 0. The first-order valence-electron chi connectivity index (χ1n) is 20.6. The molecule has 1 heterocycles. The lowest BCUT2D eigenvalue weighted by Gasteiger charge is -2.67. The van der Waals surface area contributed by atoms with Gasteiger partial charge in [0.1, 0.15) is 35.6 Å².